The highest BCUT2D eigenvalue weighted by atomic mass is 15.1. The van der Waals surface area contributed by atoms with Gasteiger partial charge in [0.2, 0.25) is 6.71 Å². The predicted molar refractivity (Wildman–Crippen MR) is 239 cm³/mol. The van der Waals surface area contributed by atoms with Gasteiger partial charge < -0.3 is 4.90 Å². The molecule has 0 saturated heterocycles. The van der Waals surface area contributed by atoms with Crippen LogP contribution in [0, 0.1) is 34.6 Å². The zero-order valence-corrected chi connectivity index (χ0v) is 32.1. The van der Waals surface area contributed by atoms with Crippen LogP contribution in [0.4, 0.5) is 17.1 Å². The average Bonchev–Trinajstić information content (AvgIpc) is 3.19. The maximum absolute atomic E-state index is 2.43. The molecule has 0 fully saturated rings. The maximum atomic E-state index is 2.43. The third kappa shape index (κ3) is 5.23. The van der Waals surface area contributed by atoms with Crippen LogP contribution in [0.3, 0.4) is 0 Å². The second-order valence-corrected chi connectivity index (χ2v) is 15.6. The lowest BCUT2D eigenvalue weighted by atomic mass is 9.31. The number of hydrogen-bond donors (Lipinski definition) is 0. The smallest absolute Gasteiger partial charge is 0.244 e. The van der Waals surface area contributed by atoms with Crippen molar-refractivity contribution in [3.63, 3.8) is 0 Å². The lowest BCUT2D eigenvalue weighted by Gasteiger charge is -2.33. The van der Waals surface area contributed by atoms with Crippen molar-refractivity contribution in [2.75, 3.05) is 4.90 Å². The van der Waals surface area contributed by atoms with Crippen molar-refractivity contribution >= 4 is 72.5 Å². The zero-order chi connectivity index (χ0) is 37.4. The Kier molecular flexibility index (Phi) is 7.78. The number of aryl methyl sites for hydroxylation is 5. The van der Waals surface area contributed by atoms with Crippen LogP contribution in [0.15, 0.2) is 164 Å². The van der Waals surface area contributed by atoms with E-state index in [1.54, 1.807) is 0 Å². The SMILES string of the molecule is Cc1cc(C)c(B2c3c(C)cc(C)cc3-c3cccc4c(-c5ccc(N(c6ccccc6)c6cccc7ccccc67)cc5)c5ccccc5c2c34)c(C)c1. The molecule has 0 aliphatic carbocycles. The molecule has 0 aromatic heterocycles. The number of nitrogens with zero attached hydrogens (tertiary/aromatic N) is 1. The first-order chi connectivity index (χ1) is 26.9. The number of hydrogen-bond acceptors (Lipinski definition) is 1. The summed E-state index contributed by atoms with van der Waals surface area (Å²) in [6.45, 7) is 11.5. The van der Waals surface area contributed by atoms with E-state index in [-0.39, 0.29) is 6.71 Å². The molecule has 0 N–H and O–H groups in total. The third-order valence-electron chi connectivity index (χ3n) is 12.0. The summed E-state index contributed by atoms with van der Waals surface area (Å²) in [6, 6.07) is 61.0. The van der Waals surface area contributed by atoms with Crippen molar-refractivity contribution in [3.05, 3.63) is 192 Å². The summed E-state index contributed by atoms with van der Waals surface area (Å²) in [7, 11) is 0. The minimum absolute atomic E-state index is 0.120. The molecule has 1 aliphatic rings. The molecule has 1 nitrogen and oxygen atoms in total. The van der Waals surface area contributed by atoms with Crippen molar-refractivity contribution in [2.24, 2.45) is 0 Å². The molecule has 1 aliphatic heterocycles. The topological polar surface area (TPSA) is 3.24 Å². The van der Waals surface area contributed by atoms with Gasteiger partial charge in [-0.1, -0.05) is 178 Å². The standard InChI is InChI=1S/C53H42BN/c1-33-29-35(3)51(36(4)30-33)54-52-37(5)31-34(2)32-47(52)44-22-14-23-46-49(43-20-11-12-21-45(43)53(54)50(44)46)39-25-27-41(28-26-39)55(40-17-7-6-8-18-40)48-24-13-16-38-15-9-10-19-42(38)48/h6-32H,1-5H3. The number of para-hydroxylation sites is 1. The number of fused-ring (bicyclic) bond motifs is 5. The fraction of sp³-hybridized carbons (Fsp3) is 0.0943. The van der Waals surface area contributed by atoms with E-state index < -0.39 is 0 Å². The summed E-state index contributed by atoms with van der Waals surface area (Å²) in [5.74, 6) is 0. The lowest BCUT2D eigenvalue weighted by molar-refractivity contribution is 1.30. The molecule has 9 aromatic rings. The summed E-state index contributed by atoms with van der Waals surface area (Å²) in [5.41, 5.74) is 19.7. The highest BCUT2D eigenvalue weighted by molar-refractivity contribution is 7.00. The Morgan fingerprint density at radius 3 is 1.71 bits per heavy atom. The van der Waals surface area contributed by atoms with Gasteiger partial charge in [0.25, 0.3) is 0 Å². The van der Waals surface area contributed by atoms with Crippen molar-refractivity contribution in [1.82, 2.24) is 0 Å². The fourth-order valence-corrected chi connectivity index (χ4v) is 9.95. The van der Waals surface area contributed by atoms with Crippen molar-refractivity contribution < 1.29 is 0 Å². The van der Waals surface area contributed by atoms with Crippen LogP contribution >= 0.6 is 0 Å². The van der Waals surface area contributed by atoms with E-state index in [1.165, 1.54) is 104 Å². The Labute approximate surface area is 324 Å². The second-order valence-electron chi connectivity index (χ2n) is 15.6. The van der Waals surface area contributed by atoms with Gasteiger partial charge in [0.15, 0.2) is 0 Å². The van der Waals surface area contributed by atoms with E-state index in [0.717, 1.165) is 11.4 Å². The molecule has 0 bridgehead atoms. The largest absolute Gasteiger partial charge is 0.310 e. The summed E-state index contributed by atoms with van der Waals surface area (Å²) < 4.78 is 0. The molecule has 1 heterocycles. The van der Waals surface area contributed by atoms with E-state index in [2.05, 4.69) is 203 Å². The second kappa shape index (κ2) is 12.9. The molecule has 0 amide bonds. The highest BCUT2D eigenvalue weighted by Gasteiger charge is 2.37. The van der Waals surface area contributed by atoms with Crippen LogP contribution in [0.1, 0.15) is 27.8 Å². The molecule has 0 spiro atoms. The highest BCUT2D eigenvalue weighted by Crippen LogP contribution is 2.44. The minimum Gasteiger partial charge on any atom is -0.310 e. The number of anilines is 3. The van der Waals surface area contributed by atoms with Crippen LogP contribution in [0.5, 0.6) is 0 Å². The molecule has 0 radical (unpaired) electrons. The molecule has 55 heavy (non-hydrogen) atoms. The molecule has 9 aromatic carbocycles. The number of benzene rings is 9. The molecule has 0 saturated carbocycles. The van der Waals surface area contributed by atoms with E-state index in [9.17, 15) is 0 Å². The Balaban J connectivity index is 1.24. The van der Waals surface area contributed by atoms with Crippen LogP contribution < -0.4 is 21.3 Å². The van der Waals surface area contributed by atoms with Gasteiger partial charge in [-0.2, -0.15) is 0 Å². The van der Waals surface area contributed by atoms with Gasteiger partial charge in [0.05, 0.1) is 5.69 Å². The summed E-state index contributed by atoms with van der Waals surface area (Å²) in [4.78, 5) is 2.39. The van der Waals surface area contributed by atoms with Crippen molar-refractivity contribution in [1.29, 1.82) is 0 Å². The third-order valence-corrected chi connectivity index (χ3v) is 12.0. The molecule has 262 valence electrons. The van der Waals surface area contributed by atoms with Gasteiger partial charge in [-0.05, 0) is 114 Å². The summed E-state index contributed by atoms with van der Waals surface area (Å²) in [5, 5.41) is 7.78. The van der Waals surface area contributed by atoms with Crippen LogP contribution in [-0.4, -0.2) is 6.71 Å². The molecular weight excluding hydrogens is 661 g/mol. The predicted octanol–water partition coefficient (Wildman–Crippen LogP) is 12.3. The Hall–Kier alpha value is -6.38. The van der Waals surface area contributed by atoms with Gasteiger partial charge in [0, 0.05) is 16.8 Å². The molecule has 2 heteroatoms. The van der Waals surface area contributed by atoms with Gasteiger partial charge >= 0.3 is 0 Å². The Morgan fingerprint density at radius 2 is 0.964 bits per heavy atom. The van der Waals surface area contributed by atoms with E-state index >= 15 is 0 Å². The zero-order valence-electron chi connectivity index (χ0n) is 32.1. The summed E-state index contributed by atoms with van der Waals surface area (Å²) in [6.07, 6.45) is 0. The fourth-order valence-electron chi connectivity index (χ4n) is 9.95. The Bertz CT molecular complexity index is 2950. The quantitative estimate of drug-likeness (QED) is 0.127. The normalized spacial score (nSPS) is 12.1. The van der Waals surface area contributed by atoms with E-state index in [1.807, 2.05) is 0 Å². The first-order valence-corrected chi connectivity index (χ1v) is 19.5. The van der Waals surface area contributed by atoms with E-state index in [4.69, 9.17) is 0 Å². The minimum atomic E-state index is 0.120. The molecule has 0 atom stereocenters. The first-order valence-electron chi connectivity index (χ1n) is 19.5. The maximum Gasteiger partial charge on any atom is 0.244 e. The number of rotatable bonds is 5. The van der Waals surface area contributed by atoms with Crippen LogP contribution in [0.2, 0.25) is 0 Å². The van der Waals surface area contributed by atoms with Crippen molar-refractivity contribution in [2.45, 2.75) is 34.6 Å². The first kappa shape index (κ1) is 33.2. The molecular formula is C53H42BN. The summed E-state index contributed by atoms with van der Waals surface area (Å²) >= 11 is 0. The van der Waals surface area contributed by atoms with E-state index in [0.29, 0.717) is 0 Å². The molecule has 0 unspecified atom stereocenters. The van der Waals surface area contributed by atoms with Gasteiger partial charge in [0.1, 0.15) is 0 Å². The van der Waals surface area contributed by atoms with Crippen LogP contribution in [0.25, 0.3) is 54.6 Å². The monoisotopic (exact) mass is 703 g/mol. The average molecular weight is 704 g/mol. The Morgan fingerprint density at radius 1 is 0.400 bits per heavy atom. The molecule has 10 rings (SSSR count). The van der Waals surface area contributed by atoms with Crippen LogP contribution in [-0.2, 0) is 0 Å². The van der Waals surface area contributed by atoms with Gasteiger partial charge in [-0.3, -0.25) is 0 Å². The van der Waals surface area contributed by atoms with Crippen molar-refractivity contribution in [3.8, 4) is 22.3 Å². The van der Waals surface area contributed by atoms with Gasteiger partial charge in [-0.25, -0.2) is 0 Å². The van der Waals surface area contributed by atoms with Gasteiger partial charge in [-0.15, -0.1) is 0 Å². The lowest BCUT2D eigenvalue weighted by Crippen LogP contribution is -2.57.